The molecule has 0 aliphatic rings. The molecule has 0 unspecified atom stereocenters. The van der Waals surface area contributed by atoms with Crippen LogP contribution in [0.2, 0.25) is 4.44 Å². The molecule has 0 saturated carbocycles. The molecule has 0 spiro atoms. The van der Waals surface area contributed by atoms with Crippen LogP contribution in [0.5, 0.6) is 0 Å². The van der Waals surface area contributed by atoms with Gasteiger partial charge in [0.1, 0.15) is 0 Å². The van der Waals surface area contributed by atoms with Gasteiger partial charge < -0.3 is 0 Å². The van der Waals surface area contributed by atoms with Crippen LogP contribution in [-0.4, -0.2) is 38.7 Å². The van der Waals surface area contributed by atoms with E-state index in [4.69, 9.17) is 4.74 Å². The van der Waals surface area contributed by atoms with E-state index in [2.05, 4.69) is 17.3 Å². The van der Waals surface area contributed by atoms with Crippen LogP contribution in [0.1, 0.15) is 24.5 Å². The Balaban J connectivity index is 2.29. The first-order valence-electron chi connectivity index (χ1n) is 4.99. The molecule has 0 amide bonds. The van der Waals surface area contributed by atoms with Gasteiger partial charge in [-0.15, -0.1) is 0 Å². The Kier molecular flexibility index (Phi) is 6.24. The molecule has 1 aromatic rings. The van der Waals surface area contributed by atoms with Crippen molar-refractivity contribution in [2.45, 2.75) is 29.1 Å². The fourth-order valence-corrected chi connectivity index (χ4v) is 4.72. The molecule has 0 aromatic carbocycles. The zero-order valence-corrected chi connectivity index (χ0v) is 12.7. The van der Waals surface area contributed by atoms with E-state index >= 15 is 0 Å². The van der Waals surface area contributed by atoms with Gasteiger partial charge in [0.25, 0.3) is 0 Å². The van der Waals surface area contributed by atoms with Gasteiger partial charge in [-0.05, 0) is 0 Å². The summed E-state index contributed by atoms with van der Waals surface area (Å²) in [7, 11) is 0. The van der Waals surface area contributed by atoms with Gasteiger partial charge >= 0.3 is 105 Å². The van der Waals surface area contributed by atoms with Crippen LogP contribution in [-0.2, 0) is 20.4 Å². The second kappa shape index (κ2) is 7.22. The molecule has 0 saturated heterocycles. The number of esters is 1. The van der Waals surface area contributed by atoms with Gasteiger partial charge in [-0.2, -0.15) is 0 Å². The molecule has 3 nitrogen and oxygen atoms in total. The van der Waals surface area contributed by atoms with Crippen molar-refractivity contribution in [1.82, 2.24) is 4.98 Å². The maximum atomic E-state index is 10.5. The summed E-state index contributed by atoms with van der Waals surface area (Å²) in [6.07, 6.45) is 0.743. The molecule has 0 aliphatic carbocycles. The predicted molar refractivity (Wildman–Crippen MR) is 62.4 cm³/mol. The van der Waals surface area contributed by atoms with Crippen LogP contribution in [0.4, 0.5) is 0 Å². The monoisotopic (exact) mass is 333 g/mol. The van der Waals surface area contributed by atoms with Crippen LogP contribution in [0, 0.1) is 0 Å². The second-order valence-corrected chi connectivity index (χ2v) is 8.50. The van der Waals surface area contributed by atoms with Gasteiger partial charge in [0.2, 0.25) is 0 Å². The molecule has 1 aromatic heterocycles. The van der Waals surface area contributed by atoms with E-state index in [9.17, 15) is 4.79 Å². The van der Waals surface area contributed by atoms with Gasteiger partial charge in [0.15, 0.2) is 0 Å². The summed E-state index contributed by atoms with van der Waals surface area (Å²) in [5.41, 5.74) is 1.06. The predicted octanol–water partition coefficient (Wildman–Crippen LogP) is 1.89. The van der Waals surface area contributed by atoms with Crippen molar-refractivity contribution in [3.8, 4) is 0 Å². The van der Waals surface area contributed by atoms with Crippen LogP contribution in [0.15, 0.2) is 5.38 Å². The van der Waals surface area contributed by atoms with Crippen LogP contribution < -0.4 is 0 Å². The summed E-state index contributed by atoms with van der Waals surface area (Å²) < 4.78 is 7.47. The molecular formula is C10H15NO2SSn. The van der Waals surface area contributed by atoms with E-state index < -0.39 is 0 Å². The standard InChI is InChI=1S/C8H10NO2S.C2H5.Sn/c1-6-9-8(5-12-6)3-4-11-7(2)10;1-2;/h5H,1,3-4H2,2H3;1H2,2H3;. The van der Waals surface area contributed by atoms with Crippen molar-refractivity contribution in [2.24, 2.45) is 0 Å². The van der Waals surface area contributed by atoms with Crippen LogP contribution >= 0.6 is 11.3 Å². The van der Waals surface area contributed by atoms with Crippen molar-refractivity contribution >= 4 is 38.4 Å². The summed E-state index contributed by atoms with van der Waals surface area (Å²) in [6, 6.07) is 0. The third-order valence-corrected chi connectivity index (χ3v) is 6.51. The zero-order valence-electron chi connectivity index (χ0n) is 9.08. The number of ether oxygens (including phenoxy) is 1. The first-order chi connectivity index (χ1) is 7.22. The Morgan fingerprint density at radius 1 is 1.67 bits per heavy atom. The Hall–Kier alpha value is -0.101. The number of nitrogens with zero attached hydrogens (tertiary/aromatic N) is 1. The number of aromatic nitrogens is 1. The Morgan fingerprint density at radius 2 is 2.47 bits per heavy atom. The SMILES string of the molecule is C[CH2][Sn][CH2]c1nc(CCOC(C)=O)cs1. The number of hydrogen-bond donors (Lipinski definition) is 0. The number of carbonyl (C=O) groups excluding carboxylic acids is 1. The Labute approximate surface area is 104 Å². The van der Waals surface area contributed by atoms with Gasteiger partial charge in [-0.25, -0.2) is 0 Å². The molecule has 0 bridgehead atoms. The minimum atomic E-state index is -0.217. The van der Waals surface area contributed by atoms with Crippen molar-refractivity contribution in [3.63, 3.8) is 0 Å². The molecule has 1 heterocycles. The molecule has 0 atom stereocenters. The van der Waals surface area contributed by atoms with E-state index in [1.54, 1.807) is 11.3 Å². The minimum absolute atomic E-state index is 0.185. The fourth-order valence-electron chi connectivity index (χ4n) is 1.08. The number of carbonyl (C=O) groups is 1. The summed E-state index contributed by atoms with van der Waals surface area (Å²) >= 11 is 1.55. The van der Waals surface area contributed by atoms with E-state index in [0.29, 0.717) is 6.61 Å². The van der Waals surface area contributed by atoms with Crippen LogP contribution in [0.25, 0.3) is 0 Å². The average molecular weight is 332 g/mol. The fraction of sp³-hybridized carbons (Fsp3) is 0.600. The van der Waals surface area contributed by atoms with Gasteiger partial charge in [-0.3, -0.25) is 0 Å². The molecule has 2 radical (unpaired) electrons. The molecule has 5 heteroatoms. The van der Waals surface area contributed by atoms with E-state index in [0.717, 1.165) is 12.1 Å². The van der Waals surface area contributed by atoms with E-state index in [1.165, 1.54) is 20.8 Å². The second-order valence-electron chi connectivity index (χ2n) is 3.10. The van der Waals surface area contributed by atoms with Crippen molar-refractivity contribution in [2.75, 3.05) is 6.61 Å². The molecule has 0 N–H and O–H groups in total. The molecule has 0 fully saturated rings. The third kappa shape index (κ3) is 5.51. The molecule has 15 heavy (non-hydrogen) atoms. The summed E-state index contributed by atoms with van der Waals surface area (Å²) in [6.45, 7) is 4.13. The summed E-state index contributed by atoms with van der Waals surface area (Å²) in [5, 5.41) is 3.34. The number of rotatable bonds is 6. The summed E-state index contributed by atoms with van der Waals surface area (Å²) in [4.78, 5) is 15.1. The topological polar surface area (TPSA) is 39.2 Å². The van der Waals surface area contributed by atoms with Gasteiger partial charge in [-0.1, -0.05) is 0 Å². The van der Waals surface area contributed by atoms with E-state index in [1.807, 2.05) is 0 Å². The quantitative estimate of drug-likeness (QED) is 0.590. The Morgan fingerprint density at radius 3 is 3.13 bits per heavy atom. The summed E-state index contributed by atoms with van der Waals surface area (Å²) in [5.74, 6) is -0.217. The average Bonchev–Trinajstić information content (AvgIpc) is 2.62. The Bertz CT molecular complexity index is 314. The van der Waals surface area contributed by atoms with Gasteiger partial charge in [0.05, 0.1) is 0 Å². The third-order valence-electron chi connectivity index (χ3n) is 1.79. The van der Waals surface area contributed by atoms with Gasteiger partial charge in [0, 0.05) is 0 Å². The van der Waals surface area contributed by atoms with Crippen molar-refractivity contribution in [3.05, 3.63) is 16.1 Å². The van der Waals surface area contributed by atoms with Crippen molar-refractivity contribution < 1.29 is 9.53 Å². The molecule has 82 valence electrons. The number of hydrogen-bond acceptors (Lipinski definition) is 4. The first-order valence-corrected chi connectivity index (χ1v) is 9.91. The van der Waals surface area contributed by atoms with Crippen molar-refractivity contribution in [1.29, 1.82) is 0 Å². The first kappa shape index (κ1) is 13.0. The maximum absolute atomic E-state index is 10.5. The molecule has 1 rings (SSSR count). The zero-order chi connectivity index (χ0) is 11.1. The molecular weight excluding hydrogens is 317 g/mol. The number of thiazole rings is 1. The molecule has 0 aliphatic heterocycles. The normalized spacial score (nSPS) is 10.3. The van der Waals surface area contributed by atoms with E-state index in [-0.39, 0.29) is 27.1 Å². The van der Waals surface area contributed by atoms with Crippen LogP contribution in [0.3, 0.4) is 0 Å².